The Hall–Kier alpha value is -1.46. The summed E-state index contributed by atoms with van der Waals surface area (Å²) in [5, 5.41) is 12.0. The van der Waals surface area contributed by atoms with Gasteiger partial charge in [-0.1, -0.05) is 29.3 Å². The van der Waals surface area contributed by atoms with Gasteiger partial charge in [0.2, 0.25) is 0 Å². The molecule has 0 unspecified atom stereocenters. The number of carboxylic acids is 1. The first-order valence-corrected chi connectivity index (χ1v) is 7.13. The Balaban J connectivity index is 2.91. The van der Waals surface area contributed by atoms with Gasteiger partial charge in [0.25, 0.3) is 0 Å². The molecule has 1 aromatic carbocycles. The van der Waals surface area contributed by atoms with Gasteiger partial charge in [-0.25, -0.2) is 4.79 Å². The molecule has 1 rings (SSSR count). The van der Waals surface area contributed by atoms with E-state index in [9.17, 15) is 9.59 Å². The average Bonchev–Trinajstić information content (AvgIpc) is 2.33. The molecule has 1 aromatic rings. The predicted molar refractivity (Wildman–Crippen MR) is 84.2 cm³/mol. The van der Waals surface area contributed by atoms with E-state index in [1.807, 2.05) is 20.8 Å². The lowest BCUT2D eigenvalue weighted by molar-refractivity contribution is -0.137. The van der Waals surface area contributed by atoms with Crippen molar-refractivity contribution in [2.75, 3.05) is 11.9 Å². The lowest BCUT2D eigenvalue weighted by Crippen LogP contribution is -2.48. The average molecular weight is 333 g/mol. The van der Waals surface area contributed by atoms with Crippen molar-refractivity contribution in [1.29, 1.82) is 0 Å². The van der Waals surface area contributed by atoms with Crippen LogP contribution in [0.15, 0.2) is 18.2 Å². The molecule has 7 heteroatoms. The Kier molecular flexibility index (Phi) is 5.87. The number of nitrogens with zero attached hydrogens (tertiary/aromatic N) is 1. The quantitative estimate of drug-likeness (QED) is 0.871. The highest BCUT2D eigenvalue weighted by molar-refractivity contribution is 6.43. The van der Waals surface area contributed by atoms with Crippen molar-refractivity contribution in [3.05, 3.63) is 28.2 Å². The van der Waals surface area contributed by atoms with Gasteiger partial charge in [0.15, 0.2) is 0 Å². The number of benzene rings is 1. The number of carbonyl (C=O) groups is 2. The van der Waals surface area contributed by atoms with Gasteiger partial charge < -0.3 is 15.3 Å². The number of rotatable bonds is 4. The monoisotopic (exact) mass is 332 g/mol. The number of amides is 2. The first-order chi connectivity index (χ1) is 9.62. The molecule has 0 bridgehead atoms. The Bertz CT molecular complexity index is 542. The van der Waals surface area contributed by atoms with Crippen LogP contribution in [-0.2, 0) is 4.79 Å². The summed E-state index contributed by atoms with van der Waals surface area (Å²) in [7, 11) is 0. The van der Waals surface area contributed by atoms with Gasteiger partial charge in [-0.15, -0.1) is 0 Å². The maximum atomic E-state index is 12.4. The number of anilines is 1. The van der Waals surface area contributed by atoms with E-state index < -0.39 is 17.5 Å². The third-order valence-electron chi connectivity index (χ3n) is 2.80. The highest BCUT2D eigenvalue weighted by Gasteiger charge is 2.27. The second-order valence-electron chi connectivity index (χ2n) is 5.50. The second-order valence-corrected chi connectivity index (χ2v) is 6.28. The van der Waals surface area contributed by atoms with Gasteiger partial charge in [-0.3, -0.25) is 4.79 Å². The van der Waals surface area contributed by atoms with E-state index in [0.717, 1.165) is 0 Å². The molecular formula is C14H18Cl2N2O3. The number of nitrogens with one attached hydrogen (secondary N) is 1. The molecule has 2 amide bonds. The summed E-state index contributed by atoms with van der Waals surface area (Å²) in [5.41, 5.74) is -0.136. The van der Waals surface area contributed by atoms with Gasteiger partial charge >= 0.3 is 12.0 Å². The zero-order valence-corrected chi connectivity index (χ0v) is 13.6. The Morgan fingerprint density at radius 2 is 1.90 bits per heavy atom. The SMILES string of the molecule is CC(C)(C)N(CCC(=O)O)C(=O)Nc1cccc(Cl)c1Cl. The fraction of sp³-hybridized carbons (Fsp3) is 0.429. The van der Waals surface area contributed by atoms with Crippen molar-refractivity contribution in [3.63, 3.8) is 0 Å². The van der Waals surface area contributed by atoms with Crippen molar-refractivity contribution in [2.24, 2.45) is 0 Å². The maximum Gasteiger partial charge on any atom is 0.322 e. The molecular weight excluding hydrogens is 315 g/mol. The molecule has 0 heterocycles. The molecule has 0 spiro atoms. The molecule has 0 aliphatic heterocycles. The summed E-state index contributed by atoms with van der Waals surface area (Å²) in [6.45, 7) is 5.58. The summed E-state index contributed by atoms with van der Waals surface area (Å²) < 4.78 is 0. The normalized spacial score (nSPS) is 11.1. The van der Waals surface area contributed by atoms with E-state index in [-0.39, 0.29) is 18.0 Å². The summed E-state index contributed by atoms with van der Waals surface area (Å²) >= 11 is 11.9. The van der Waals surface area contributed by atoms with Crippen molar-refractivity contribution in [1.82, 2.24) is 4.90 Å². The summed E-state index contributed by atoms with van der Waals surface area (Å²) in [4.78, 5) is 24.5. The van der Waals surface area contributed by atoms with Crippen LogP contribution in [0.4, 0.5) is 10.5 Å². The lowest BCUT2D eigenvalue weighted by atomic mass is 10.1. The van der Waals surface area contributed by atoms with Crippen LogP contribution >= 0.6 is 23.2 Å². The van der Waals surface area contributed by atoms with E-state index >= 15 is 0 Å². The standard InChI is InChI=1S/C14H18Cl2N2O3/c1-14(2,3)18(8-7-11(19)20)13(21)17-10-6-4-5-9(15)12(10)16/h4-6H,7-8H2,1-3H3,(H,17,21)(H,19,20). The summed E-state index contributed by atoms with van der Waals surface area (Å²) in [6, 6.07) is 4.49. The van der Waals surface area contributed by atoms with Gasteiger partial charge in [0, 0.05) is 12.1 Å². The van der Waals surface area contributed by atoms with E-state index in [1.54, 1.807) is 18.2 Å². The Morgan fingerprint density at radius 3 is 2.43 bits per heavy atom. The van der Waals surface area contributed by atoms with Crippen LogP contribution in [-0.4, -0.2) is 34.1 Å². The van der Waals surface area contributed by atoms with Crippen LogP contribution in [0.5, 0.6) is 0 Å². The van der Waals surface area contributed by atoms with E-state index in [4.69, 9.17) is 28.3 Å². The van der Waals surface area contributed by atoms with Crippen molar-refractivity contribution >= 4 is 40.9 Å². The van der Waals surface area contributed by atoms with Gasteiger partial charge in [0.1, 0.15) is 0 Å². The first kappa shape index (κ1) is 17.6. The number of hydrogen-bond donors (Lipinski definition) is 2. The Labute approximate surface area is 133 Å². The second kappa shape index (κ2) is 7.00. The molecule has 0 saturated carbocycles. The van der Waals surface area contributed by atoms with Crippen LogP contribution in [0.2, 0.25) is 10.0 Å². The van der Waals surface area contributed by atoms with E-state index in [1.165, 1.54) is 4.90 Å². The first-order valence-electron chi connectivity index (χ1n) is 6.37. The minimum absolute atomic E-state index is 0.100. The van der Waals surface area contributed by atoms with E-state index in [2.05, 4.69) is 5.32 Å². The molecule has 0 radical (unpaired) electrons. The number of aliphatic carboxylic acids is 1. The molecule has 0 fully saturated rings. The fourth-order valence-corrected chi connectivity index (χ4v) is 2.08. The van der Waals surface area contributed by atoms with Crippen LogP contribution in [0.25, 0.3) is 0 Å². The van der Waals surface area contributed by atoms with Crippen molar-refractivity contribution < 1.29 is 14.7 Å². The highest BCUT2D eigenvalue weighted by Crippen LogP contribution is 2.30. The highest BCUT2D eigenvalue weighted by atomic mass is 35.5. The van der Waals surface area contributed by atoms with Gasteiger partial charge in [0.05, 0.1) is 22.2 Å². The minimum Gasteiger partial charge on any atom is -0.481 e. The van der Waals surface area contributed by atoms with Crippen LogP contribution < -0.4 is 5.32 Å². The fourth-order valence-electron chi connectivity index (χ4n) is 1.73. The lowest BCUT2D eigenvalue weighted by Gasteiger charge is -2.35. The molecule has 0 atom stereocenters. The third kappa shape index (κ3) is 5.10. The molecule has 0 aliphatic rings. The number of hydrogen-bond acceptors (Lipinski definition) is 2. The number of urea groups is 1. The smallest absolute Gasteiger partial charge is 0.322 e. The zero-order chi connectivity index (χ0) is 16.2. The zero-order valence-electron chi connectivity index (χ0n) is 12.1. The molecule has 2 N–H and O–H groups in total. The summed E-state index contributed by atoms with van der Waals surface area (Å²) in [6.07, 6.45) is -0.131. The van der Waals surface area contributed by atoms with Crippen molar-refractivity contribution in [3.8, 4) is 0 Å². The minimum atomic E-state index is -0.960. The van der Waals surface area contributed by atoms with Crippen LogP contribution in [0.3, 0.4) is 0 Å². The molecule has 5 nitrogen and oxygen atoms in total. The van der Waals surface area contributed by atoms with Crippen LogP contribution in [0, 0.1) is 0 Å². The maximum absolute atomic E-state index is 12.4. The molecule has 21 heavy (non-hydrogen) atoms. The molecule has 0 saturated heterocycles. The number of carbonyl (C=O) groups excluding carboxylic acids is 1. The largest absolute Gasteiger partial charge is 0.481 e. The topological polar surface area (TPSA) is 69.6 Å². The number of halogens is 2. The van der Waals surface area contributed by atoms with Gasteiger partial charge in [-0.05, 0) is 32.9 Å². The van der Waals surface area contributed by atoms with Crippen LogP contribution in [0.1, 0.15) is 27.2 Å². The van der Waals surface area contributed by atoms with Crippen molar-refractivity contribution in [2.45, 2.75) is 32.7 Å². The molecule has 116 valence electrons. The predicted octanol–water partition coefficient (Wildman–Crippen LogP) is 4.10. The van der Waals surface area contributed by atoms with Gasteiger partial charge in [-0.2, -0.15) is 0 Å². The summed E-state index contributed by atoms with van der Waals surface area (Å²) in [5.74, 6) is -0.960. The number of carboxylic acid groups (broad SMARTS) is 1. The molecule has 0 aromatic heterocycles. The molecule has 0 aliphatic carbocycles. The Morgan fingerprint density at radius 1 is 1.29 bits per heavy atom. The van der Waals surface area contributed by atoms with E-state index in [0.29, 0.717) is 10.7 Å². The third-order valence-corrected chi connectivity index (χ3v) is 3.62.